The molecule has 2 atom stereocenters. The first-order valence-corrected chi connectivity index (χ1v) is 9.65. The highest BCUT2D eigenvalue weighted by molar-refractivity contribution is 7.99. The summed E-state index contributed by atoms with van der Waals surface area (Å²) >= 11 is 7.54. The molecule has 2 saturated heterocycles. The molecule has 0 saturated carbocycles. The molecule has 0 aliphatic carbocycles. The molecular formula is C17H19ClN2O4S. The van der Waals surface area contributed by atoms with Gasteiger partial charge in [0.05, 0.1) is 18.4 Å². The highest BCUT2D eigenvalue weighted by Crippen LogP contribution is 2.29. The minimum Gasteiger partial charge on any atom is -0.481 e. The van der Waals surface area contributed by atoms with Crippen molar-refractivity contribution < 1.29 is 19.5 Å². The Morgan fingerprint density at radius 3 is 2.68 bits per heavy atom. The molecule has 0 bridgehead atoms. The van der Waals surface area contributed by atoms with E-state index in [1.165, 1.54) is 0 Å². The maximum absolute atomic E-state index is 12.9. The van der Waals surface area contributed by atoms with Crippen LogP contribution < -0.4 is 4.90 Å². The van der Waals surface area contributed by atoms with Crippen LogP contribution in [-0.2, 0) is 14.4 Å². The molecule has 2 aliphatic rings. The lowest BCUT2D eigenvalue weighted by Crippen LogP contribution is -2.49. The number of amides is 2. The summed E-state index contributed by atoms with van der Waals surface area (Å²) in [5.74, 6) is -0.125. The van der Waals surface area contributed by atoms with Gasteiger partial charge in [-0.1, -0.05) is 11.6 Å². The van der Waals surface area contributed by atoms with Crippen LogP contribution >= 0.6 is 23.4 Å². The van der Waals surface area contributed by atoms with E-state index in [0.717, 1.165) is 11.4 Å². The number of carboxylic acids is 1. The van der Waals surface area contributed by atoms with Crippen LogP contribution in [0.15, 0.2) is 24.3 Å². The summed E-state index contributed by atoms with van der Waals surface area (Å²) in [6.45, 7) is 0.857. The first-order valence-electron chi connectivity index (χ1n) is 8.11. The van der Waals surface area contributed by atoms with Crippen molar-refractivity contribution in [2.24, 2.45) is 5.92 Å². The average molecular weight is 383 g/mol. The maximum Gasteiger partial charge on any atom is 0.305 e. The van der Waals surface area contributed by atoms with Crippen LogP contribution in [0.5, 0.6) is 0 Å². The molecule has 2 unspecified atom stereocenters. The summed E-state index contributed by atoms with van der Waals surface area (Å²) < 4.78 is 0. The number of carbonyl (C=O) groups is 3. The zero-order valence-electron chi connectivity index (χ0n) is 13.6. The third kappa shape index (κ3) is 4.10. The maximum atomic E-state index is 12.9. The number of nitrogens with zero attached hydrogens (tertiary/aromatic N) is 2. The number of hydrogen-bond acceptors (Lipinski definition) is 4. The fraction of sp³-hybridized carbons (Fsp3) is 0.471. The fourth-order valence-electron chi connectivity index (χ4n) is 3.29. The summed E-state index contributed by atoms with van der Waals surface area (Å²) in [4.78, 5) is 39.5. The summed E-state index contributed by atoms with van der Waals surface area (Å²) in [5.41, 5.74) is 0.723. The normalized spacial score (nSPS) is 23.8. The first-order chi connectivity index (χ1) is 12.0. The molecule has 2 heterocycles. The molecule has 0 spiro atoms. The number of anilines is 1. The molecule has 134 valence electrons. The van der Waals surface area contributed by atoms with Crippen LogP contribution in [0.1, 0.15) is 12.8 Å². The van der Waals surface area contributed by atoms with Gasteiger partial charge in [-0.3, -0.25) is 14.4 Å². The SMILES string of the molecule is O=C(O)CC1CSCCN1C(=O)C1CC(=O)N(c2ccc(Cl)cc2)C1. The molecule has 25 heavy (non-hydrogen) atoms. The number of carboxylic acid groups (broad SMARTS) is 1. The lowest BCUT2D eigenvalue weighted by Gasteiger charge is -2.36. The van der Waals surface area contributed by atoms with E-state index >= 15 is 0 Å². The van der Waals surface area contributed by atoms with Crippen molar-refractivity contribution >= 4 is 46.8 Å². The number of rotatable bonds is 4. The Hall–Kier alpha value is -1.73. The third-order valence-corrected chi connectivity index (χ3v) is 5.88. The topological polar surface area (TPSA) is 77.9 Å². The van der Waals surface area contributed by atoms with Crippen LogP contribution in [0.25, 0.3) is 0 Å². The fourth-order valence-corrected chi connectivity index (χ4v) is 4.48. The van der Waals surface area contributed by atoms with E-state index in [2.05, 4.69) is 0 Å². The summed E-state index contributed by atoms with van der Waals surface area (Å²) in [5, 5.41) is 9.65. The van der Waals surface area contributed by atoms with Gasteiger partial charge in [-0.05, 0) is 24.3 Å². The molecule has 2 amide bonds. The standard InChI is InChI=1S/C17H19ClN2O4S/c18-12-1-3-13(4-2-12)20-9-11(7-15(20)21)17(24)19-5-6-25-10-14(19)8-16(22)23/h1-4,11,14H,5-10H2,(H,22,23). The van der Waals surface area contributed by atoms with E-state index in [-0.39, 0.29) is 30.7 Å². The number of carbonyl (C=O) groups excluding carboxylic acids is 2. The Morgan fingerprint density at radius 2 is 2.00 bits per heavy atom. The molecule has 6 nitrogen and oxygen atoms in total. The van der Waals surface area contributed by atoms with Gasteiger partial charge in [0, 0.05) is 41.7 Å². The van der Waals surface area contributed by atoms with Crippen molar-refractivity contribution in [1.29, 1.82) is 0 Å². The van der Waals surface area contributed by atoms with E-state index in [0.29, 0.717) is 23.9 Å². The second-order valence-electron chi connectivity index (χ2n) is 6.24. The largest absolute Gasteiger partial charge is 0.481 e. The Morgan fingerprint density at radius 1 is 1.28 bits per heavy atom. The minimum atomic E-state index is -0.907. The van der Waals surface area contributed by atoms with Gasteiger partial charge in [0.25, 0.3) is 0 Å². The van der Waals surface area contributed by atoms with Gasteiger partial charge in [0.1, 0.15) is 0 Å². The van der Waals surface area contributed by atoms with E-state index in [9.17, 15) is 14.4 Å². The molecule has 1 N–H and O–H groups in total. The molecule has 0 aromatic heterocycles. The molecule has 0 radical (unpaired) electrons. The number of hydrogen-bond donors (Lipinski definition) is 1. The monoisotopic (exact) mass is 382 g/mol. The van der Waals surface area contributed by atoms with Gasteiger partial charge < -0.3 is 14.9 Å². The quantitative estimate of drug-likeness (QED) is 0.862. The summed E-state index contributed by atoms with van der Waals surface area (Å²) in [6, 6.07) is 6.65. The third-order valence-electron chi connectivity index (χ3n) is 4.53. The Labute approximate surface area is 155 Å². The highest BCUT2D eigenvalue weighted by atomic mass is 35.5. The Balaban J connectivity index is 1.71. The van der Waals surface area contributed by atoms with Crippen molar-refractivity contribution in [3.8, 4) is 0 Å². The van der Waals surface area contributed by atoms with E-state index < -0.39 is 11.9 Å². The van der Waals surface area contributed by atoms with Crippen molar-refractivity contribution in [3.05, 3.63) is 29.3 Å². The number of benzene rings is 1. The number of aliphatic carboxylic acids is 1. The van der Waals surface area contributed by atoms with E-state index in [4.69, 9.17) is 16.7 Å². The minimum absolute atomic E-state index is 0.0553. The molecular weight excluding hydrogens is 364 g/mol. The Kier molecular flexibility index (Phi) is 5.54. The van der Waals surface area contributed by atoms with Gasteiger partial charge in [-0.15, -0.1) is 0 Å². The summed E-state index contributed by atoms with van der Waals surface area (Å²) in [6.07, 6.45) is 0.102. The van der Waals surface area contributed by atoms with Gasteiger partial charge in [0.2, 0.25) is 11.8 Å². The zero-order valence-corrected chi connectivity index (χ0v) is 15.1. The van der Waals surface area contributed by atoms with E-state index in [1.54, 1.807) is 45.8 Å². The van der Waals surface area contributed by atoms with Gasteiger partial charge >= 0.3 is 5.97 Å². The lowest BCUT2D eigenvalue weighted by molar-refractivity contribution is -0.142. The van der Waals surface area contributed by atoms with Crippen molar-refractivity contribution in [1.82, 2.24) is 4.90 Å². The van der Waals surface area contributed by atoms with Crippen molar-refractivity contribution in [2.45, 2.75) is 18.9 Å². The van der Waals surface area contributed by atoms with Crippen LogP contribution in [0.2, 0.25) is 5.02 Å². The van der Waals surface area contributed by atoms with Crippen LogP contribution in [0.4, 0.5) is 5.69 Å². The van der Waals surface area contributed by atoms with Crippen molar-refractivity contribution in [3.63, 3.8) is 0 Å². The smallest absolute Gasteiger partial charge is 0.305 e. The van der Waals surface area contributed by atoms with Gasteiger partial charge in [-0.2, -0.15) is 11.8 Å². The lowest BCUT2D eigenvalue weighted by atomic mass is 10.0. The van der Waals surface area contributed by atoms with Crippen LogP contribution in [0.3, 0.4) is 0 Å². The first kappa shape index (κ1) is 18.1. The number of halogens is 1. The molecule has 2 aliphatic heterocycles. The predicted molar refractivity (Wildman–Crippen MR) is 97.0 cm³/mol. The predicted octanol–water partition coefficient (Wildman–Crippen LogP) is 2.11. The zero-order chi connectivity index (χ0) is 18.0. The van der Waals surface area contributed by atoms with Crippen molar-refractivity contribution in [2.75, 3.05) is 29.5 Å². The Bertz CT molecular complexity index is 682. The second kappa shape index (κ2) is 7.66. The molecule has 1 aromatic carbocycles. The molecule has 3 rings (SSSR count). The molecule has 1 aromatic rings. The highest BCUT2D eigenvalue weighted by Gasteiger charge is 2.40. The summed E-state index contributed by atoms with van der Waals surface area (Å²) in [7, 11) is 0. The van der Waals surface area contributed by atoms with Gasteiger partial charge in [0.15, 0.2) is 0 Å². The average Bonchev–Trinajstić information content (AvgIpc) is 2.97. The van der Waals surface area contributed by atoms with Crippen LogP contribution in [-0.4, -0.2) is 58.4 Å². The van der Waals surface area contributed by atoms with Gasteiger partial charge in [-0.25, -0.2) is 0 Å². The molecule has 8 heteroatoms. The van der Waals surface area contributed by atoms with E-state index in [1.807, 2.05) is 0 Å². The molecule has 2 fully saturated rings. The van der Waals surface area contributed by atoms with Crippen LogP contribution in [0, 0.1) is 5.92 Å². The number of thioether (sulfide) groups is 1. The second-order valence-corrected chi connectivity index (χ2v) is 7.83.